The second-order valence-electron chi connectivity index (χ2n) is 4.13. The van der Waals surface area contributed by atoms with Gasteiger partial charge in [-0.15, -0.1) is 0 Å². The molecule has 0 bridgehead atoms. The van der Waals surface area contributed by atoms with Crippen LogP contribution in [0.1, 0.15) is 53.4 Å². The molecule has 0 aromatic carbocycles. The summed E-state index contributed by atoms with van der Waals surface area (Å²) in [5.74, 6) is 0. The molecule has 0 aliphatic carbocycles. The highest BCUT2D eigenvalue weighted by Gasteiger charge is 2.15. The van der Waals surface area contributed by atoms with E-state index in [1.807, 2.05) is 7.11 Å². The first-order valence-corrected chi connectivity index (χ1v) is 6.50. The lowest BCUT2D eigenvalue weighted by Gasteiger charge is -2.29. The van der Waals surface area contributed by atoms with Crippen molar-refractivity contribution in [2.45, 2.75) is 65.5 Å². The summed E-state index contributed by atoms with van der Waals surface area (Å²) in [6.45, 7) is 11.3. The normalized spacial score (nSPS) is 15.6. The molecule has 0 amide bonds. The third-order valence-corrected chi connectivity index (χ3v) is 3.41. The average Bonchev–Trinajstić information content (AvgIpc) is 2.29. The molecule has 0 spiro atoms. The maximum absolute atomic E-state index is 5.42. The van der Waals surface area contributed by atoms with Crippen molar-refractivity contribution in [1.29, 1.82) is 0 Å². The maximum Gasteiger partial charge on any atom is 0.0569 e. The van der Waals surface area contributed by atoms with Gasteiger partial charge in [0.2, 0.25) is 0 Å². The lowest BCUT2D eigenvalue weighted by atomic mass is 10.0. The minimum atomic E-state index is 0.453. The van der Waals surface area contributed by atoms with Crippen LogP contribution in [0.3, 0.4) is 0 Å². The maximum atomic E-state index is 5.42. The standard InChI is InChI=1S/C13H29NO/c1-6-12(14(8-3)9-4)10-11-13(7-2)15-5/h12-13H,6-11H2,1-5H3. The Morgan fingerprint density at radius 2 is 1.53 bits per heavy atom. The zero-order valence-corrected chi connectivity index (χ0v) is 11.3. The van der Waals surface area contributed by atoms with Crippen LogP contribution in [0.5, 0.6) is 0 Å². The minimum absolute atomic E-state index is 0.453. The van der Waals surface area contributed by atoms with Crippen LogP contribution in [0.15, 0.2) is 0 Å². The Hall–Kier alpha value is -0.0800. The number of hydrogen-bond donors (Lipinski definition) is 0. The van der Waals surface area contributed by atoms with Gasteiger partial charge in [-0.1, -0.05) is 27.7 Å². The molecule has 0 aromatic heterocycles. The van der Waals surface area contributed by atoms with E-state index in [-0.39, 0.29) is 0 Å². The van der Waals surface area contributed by atoms with Crippen molar-refractivity contribution in [2.24, 2.45) is 0 Å². The quantitative estimate of drug-likeness (QED) is 0.585. The molecule has 2 nitrogen and oxygen atoms in total. The highest BCUT2D eigenvalue weighted by molar-refractivity contribution is 4.70. The Kier molecular flexibility index (Phi) is 9.12. The predicted molar refractivity (Wildman–Crippen MR) is 67.3 cm³/mol. The first-order chi connectivity index (χ1) is 7.23. The molecule has 0 saturated carbocycles. The van der Waals surface area contributed by atoms with Crippen LogP contribution in [-0.2, 0) is 4.74 Å². The number of rotatable bonds is 9. The van der Waals surface area contributed by atoms with Crippen LogP contribution in [-0.4, -0.2) is 37.2 Å². The van der Waals surface area contributed by atoms with Crippen LogP contribution in [0, 0.1) is 0 Å². The second-order valence-corrected chi connectivity index (χ2v) is 4.13. The fraction of sp³-hybridized carbons (Fsp3) is 1.00. The summed E-state index contributed by atoms with van der Waals surface area (Å²) in [6.07, 6.45) is 5.30. The second kappa shape index (κ2) is 9.17. The topological polar surface area (TPSA) is 12.5 Å². The van der Waals surface area contributed by atoms with Crippen molar-refractivity contribution in [2.75, 3.05) is 20.2 Å². The first kappa shape index (κ1) is 14.9. The molecule has 0 heterocycles. The van der Waals surface area contributed by atoms with Crippen molar-refractivity contribution in [3.63, 3.8) is 0 Å². The van der Waals surface area contributed by atoms with E-state index in [1.54, 1.807) is 0 Å². The highest BCUT2D eigenvalue weighted by atomic mass is 16.5. The van der Waals surface area contributed by atoms with Gasteiger partial charge in [-0.2, -0.15) is 0 Å². The van der Waals surface area contributed by atoms with Crippen molar-refractivity contribution in [3.05, 3.63) is 0 Å². The lowest BCUT2D eigenvalue weighted by molar-refractivity contribution is 0.0786. The minimum Gasteiger partial charge on any atom is -0.381 e. The zero-order valence-electron chi connectivity index (χ0n) is 11.3. The molecule has 0 radical (unpaired) electrons. The van der Waals surface area contributed by atoms with Gasteiger partial charge < -0.3 is 9.64 Å². The van der Waals surface area contributed by atoms with E-state index in [4.69, 9.17) is 4.74 Å². The van der Waals surface area contributed by atoms with Gasteiger partial charge in [-0.3, -0.25) is 0 Å². The third-order valence-electron chi connectivity index (χ3n) is 3.41. The summed E-state index contributed by atoms with van der Waals surface area (Å²) in [4.78, 5) is 2.56. The molecule has 2 heteroatoms. The van der Waals surface area contributed by atoms with E-state index >= 15 is 0 Å². The lowest BCUT2D eigenvalue weighted by Crippen LogP contribution is -2.35. The third kappa shape index (κ3) is 5.53. The Bertz CT molecular complexity index is 130. The van der Waals surface area contributed by atoms with Crippen LogP contribution >= 0.6 is 0 Å². The van der Waals surface area contributed by atoms with E-state index in [0.29, 0.717) is 6.10 Å². The summed E-state index contributed by atoms with van der Waals surface area (Å²) in [7, 11) is 1.83. The summed E-state index contributed by atoms with van der Waals surface area (Å²) in [6, 6.07) is 0.740. The van der Waals surface area contributed by atoms with Gasteiger partial charge in [0.25, 0.3) is 0 Å². The SMILES string of the molecule is CCC(CCC(CC)N(CC)CC)OC. The van der Waals surface area contributed by atoms with Gasteiger partial charge >= 0.3 is 0 Å². The molecule has 0 fully saturated rings. The number of nitrogens with zero attached hydrogens (tertiary/aromatic N) is 1. The predicted octanol–water partition coefficient (Wildman–Crippen LogP) is 3.31. The number of ether oxygens (including phenoxy) is 1. The van der Waals surface area contributed by atoms with E-state index < -0.39 is 0 Å². The highest BCUT2D eigenvalue weighted by Crippen LogP contribution is 2.14. The van der Waals surface area contributed by atoms with Gasteiger partial charge in [-0.05, 0) is 38.8 Å². The van der Waals surface area contributed by atoms with Gasteiger partial charge in [0.05, 0.1) is 6.10 Å². The van der Waals surface area contributed by atoms with Crippen LogP contribution in [0.2, 0.25) is 0 Å². The van der Waals surface area contributed by atoms with E-state index in [2.05, 4.69) is 32.6 Å². The summed E-state index contributed by atoms with van der Waals surface area (Å²) in [5.41, 5.74) is 0. The molecular formula is C13H29NO. The van der Waals surface area contributed by atoms with Gasteiger partial charge in [-0.25, -0.2) is 0 Å². The fourth-order valence-electron chi connectivity index (χ4n) is 2.25. The molecule has 2 atom stereocenters. The molecule has 0 rings (SSSR count). The van der Waals surface area contributed by atoms with E-state index in [0.717, 1.165) is 12.5 Å². The molecule has 0 aromatic rings. The molecule has 0 aliphatic heterocycles. The Labute approximate surface area is 96.0 Å². The summed E-state index contributed by atoms with van der Waals surface area (Å²) < 4.78 is 5.42. The Morgan fingerprint density at radius 3 is 1.87 bits per heavy atom. The molecule has 2 unspecified atom stereocenters. The van der Waals surface area contributed by atoms with Crippen LogP contribution in [0.25, 0.3) is 0 Å². The molecule has 0 saturated heterocycles. The Morgan fingerprint density at radius 1 is 0.933 bits per heavy atom. The van der Waals surface area contributed by atoms with Gasteiger partial charge in [0.1, 0.15) is 0 Å². The molecule has 15 heavy (non-hydrogen) atoms. The first-order valence-electron chi connectivity index (χ1n) is 6.50. The largest absolute Gasteiger partial charge is 0.381 e. The van der Waals surface area contributed by atoms with Crippen molar-refractivity contribution < 1.29 is 4.74 Å². The average molecular weight is 215 g/mol. The van der Waals surface area contributed by atoms with E-state index in [9.17, 15) is 0 Å². The molecular weight excluding hydrogens is 186 g/mol. The number of hydrogen-bond acceptors (Lipinski definition) is 2. The molecule has 0 aliphatic rings. The van der Waals surface area contributed by atoms with Gasteiger partial charge in [0.15, 0.2) is 0 Å². The van der Waals surface area contributed by atoms with Crippen molar-refractivity contribution >= 4 is 0 Å². The van der Waals surface area contributed by atoms with Gasteiger partial charge in [0, 0.05) is 13.2 Å². The van der Waals surface area contributed by atoms with Crippen molar-refractivity contribution in [3.8, 4) is 0 Å². The smallest absolute Gasteiger partial charge is 0.0569 e. The van der Waals surface area contributed by atoms with Crippen LogP contribution in [0.4, 0.5) is 0 Å². The summed E-state index contributed by atoms with van der Waals surface area (Å²) in [5, 5.41) is 0. The number of methoxy groups -OCH3 is 1. The van der Waals surface area contributed by atoms with Crippen LogP contribution < -0.4 is 0 Å². The molecule has 0 N–H and O–H groups in total. The van der Waals surface area contributed by atoms with Crippen molar-refractivity contribution in [1.82, 2.24) is 4.90 Å². The fourth-order valence-corrected chi connectivity index (χ4v) is 2.25. The molecule has 92 valence electrons. The van der Waals surface area contributed by atoms with E-state index in [1.165, 1.54) is 32.4 Å². The monoisotopic (exact) mass is 215 g/mol. The zero-order chi connectivity index (χ0) is 11.7. The Balaban J connectivity index is 3.97. The summed E-state index contributed by atoms with van der Waals surface area (Å²) >= 11 is 0.